The monoisotopic (exact) mass is 362 g/mol. The minimum absolute atomic E-state index is 0.338. The average Bonchev–Trinajstić information content (AvgIpc) is 2.97. The van der Waals surface area contributed by atoms with Gasteiger partial charge in [-0.2, -0.15) is 10.4 Å². The first-order valence-corrected chi connectivity index (χ1v) is 8.26. The van der Waals surface area contributed by atoms with Gasteiger partial charge in [0.2, 0.25) is 0 Å². The average molecular weight is 363 g/mol. The number of hydrogen-bond donors (Lipinski definition) is 0. The van der Waals surface area contributed by atoms with Gasteiger partial charge in [-0.25, -0.2) is 13.9 Å². The topological polar surface area (TPSA) is 54.0 Å². The Kier molecular flexibility index (Phi) is 3.90. The van der Waals surface area contributed by atoms with E-state index in [-0.39, 0.29) is 5.82 Å². The Morgan fingerprint density at radius 2 is 1.69 bits per heavy atom. The second-order valence-corrected chi connectivity index (χ2v) is 6.29. The van der Waals surface area contributed by atoms with Crippen LogP contribution in [-0.4, -0.2) is 14.6 Å². The Labute approximate surface area is 154 Å². The summed E-state index contributed by atoms with van der Waals surface area (Å²) in [6, 6.07) is 15.5. The number of fused-ring (bicyclic) bond motifs is 1. The van der Waals surface area contributed by atoms with E-state index >= 15 is 0 Å². The van der Waals surface area contributed by atoms with E-state index in [2.05, 4.69) is 16.2 Å². The first-order valence-electron chi connectivity index (χ1n) is 7.89. The van der Waals surface area contributed by atoms with Crippen molar-refractivity contribution in [3.05, 3.63) is 76.8 Å². The molecule has 0 fully saturated rings. The molecule has 2 aromatic carbocycles. The summed E-state index contributed by atoms with van der Waals surface area (Å²) in [6.07, 6.45) is 1.65. The quantitative estimate of drug-likeness (QED) is 0.502. The van der Waals surface area contributed by atoms with Crippen molar-refractivity contribution in [2.75, 3.05) is 0 Å². The van der Waals surface area contributed by atoms with Gasteiger partial charge in [-0.1, -0.05) is 23.7 Å². The zero-order valence-corrected chi connectivity index (χ0v) is 14.5. The number of rotatable bonds is 2. The summed E-state index contributed by atoms with van der Waals surface area (Å²) < 4.78 is 14.9. The molecule has 0 amide bonds. The van der Waals surface area contributed by atoms with Crippen molar-refractivity contribution in [3.8, 4) is 28.5 Å². The van der Waals surface area contributed by atoms with Gasteiger partial charge in [0.25, 0.3) is 0 Å². The molecule has 6 heteroatoms. The van der Waals surface area contributed by atoms with E-state index in [0.717, 1.165) is 16.8 Å². The minimum Gasteiger partial charge on any atom is -0.226 e. The van der Waals surface area contributed by atoms with Crippen LogP contribution in [0.2, 0.25) is 5.02 Å². The van der Waals surface area contributed by atoms with Crippen LogP contribution in [0.5, 0.6) is 0 Å². The Hall–Kier alpha value is -3.23. The minimum atomic E-state index is -0.338. The number of hydrogen-bond acceptors (Lipinski definition) is 3. The van der Waals surface area contributed by atoms with Crippen LogP contribution in [0.1, 0.15) is 11.3 Å². The smallest absolute Gasteiger partial charge is 0.163 e. The number of nitriles is 1. The number of aromatic nitrogens is 3. The molecule has 0 saturated carbocycles. The maximum atomic E-state index is 13.2. The van der Waals surface area contributed by atoms with Crippen molar-refractivity contribution in [2.24, 2.45) is 0 Å². The molecule has 4 nitrogen and oxygen atoms in total. The SMILES string of the molecule is Cc1nn2cc(C#N)c(-c3ccc(F)cc3)nc2c1-c1ccc(Cl)cc1. The predicted molar refractivity (Wildman–Crippen MR) is 98.3 cm³/mol. The number of nitrogens with zero attached hydrogens (tertiary/aromatic N) is 4. The summed E-state index contributed by atoms with van der Waals surface area (Å²) in [7, 11) is 0. The van der Waals surface area contributed by atoms with Crippen molar-refractivity contribution in [1.29, 1.82) is 5.26 Å². The largest absolute Gasteiger partial charge is 0.226 e. The summed E-state index contributed by atoms with van der Waals surface area (Å²) in [4.78, 5) is 4.69. The molecule has 4 aromatic rings. The number of halogens is 2. The van der Waals surface area contributed by atoms with Gasteiger partial charge in [0.1, 0.15) is 11.9 Å². The van der Waals surface area contributed by atoms with Gasteiger partial charge < -0.3 is 0 Å². The van der Waals surface area contributed by atoms with Crippen molar-refractivity contribution in [2.45, 2.75) is 6.92 Å². The van der Waals surface area contributed by atoms with Crippen LogP contribution < -0.4 is 0 Å². The van der Waals surface area contributed by atoms with Gasteiger partial charge in [-0.15, -0.1) is 0 Å². The third-order valence-corrected chi connectivity index (χ3v) is 4.41. The van der Waals surface area contributed by atoms with Gasteiger partial charge in [-0.05, 0) is 48.9 Å². The second-order valence-electron chi connectivity index (χ2n) is 5.86. The summed E-state index contributed by atoms with van der Waals surface area (Å²) in [5, 5.41) is 14.6. The van der Waals surface area contributed by atoms with Crippen molar-refractivity contribution >= 4 is 17.2 Å². The first-order chi connectivity index (χ1) is 12.6. The molecule has 0 saturated heterocycles. The lowest BCUT2D eigenvalue weighted by Crippen LogP contribution is -1.97. The molecular weight excluding hydrogens is 351 g/mol. The van der Waals surface area contributed by atoms with Crippen LogP contribution in [-0.2, 0) is 0 Å². The van der Waals surface area contributed by atoms with Crippen LogP contribution in [0, 0.1) is 24.1 Å². The van der Waals surface area contributed by atoms with Crippen LogP contribution in [0.25, 0.3) is 28.0 Å². The molecule has 0 unspecified atom stereocenters. The molecule has 0 bridgehead atoms. The van der Waals surface area contributed by atoms with E-state index in [9.17, 15) is 9.65 Å². The first kappa shape index (κ1) is 16.2. The normalized spacial score (nSPS) is 10.8. The fourth-order valence-corrected chi connectivity index (χ4v) is 3.07. The molecule has 0 N–H and O–H groups in total. The molecule has 0 radical (unpaired) electrons. The van der Waals surface area contributed by atoms with Crippen molar-refractivity contribution in [1.82, 2.24) is 14.6 Å². The third-order valence-electron chi connectivity index (χ3n) is 4.16. The Bertz CT molecular complexity index is 1160. The lowest BCUT2D eigenvalue weighted by Gasteiger charge is -2.06. The number of aryl methyl sites for hydroxylation is 1. The van der Waals surface area contributed by atoms with E-state index in [1.54, 1.807) is 22.8 Å². The van der Waals surface area contributed by atoms with Gasteiger partial charge in [-0.3, -0.25) is 0 Å². The molecule has 4 rings (SSSR count). The van der Waals surface area contributed by atoms with Crippen molar-refractivity contribution in [3.63, 3.8) is 0 Å². The van der Waals surface area contributed by atoms with Gasteiger partial charge in [0.05, 0.1) is 23.1 Å². The zero-order chi connectivity index (χ0) is 18.3. The molecule has 126 valence electrons. The Morgan fingerprint density at radius 3 is 2.35 bits per heavy atom. The lowest BCUT2D eigenvalue weighted by molar-refractivity contribution is 0.628. The van der Waals surface area contributed by atoms with E-state index in [4.69, 9.17) is 11.6 Å². The highest BCUT2D eigenvalue weighted by molar-refractivity contribution is 6.30. The molecule has 0 aliphatic heterocycles. The van der Waals surface area contributed by atoms with Crippen molar-refractivity contribution < 1.29 is 4.39 Å². The van der Waals surface area contributed by atoms with Crippen LogP contribution in [0.15, 0.2) is 54.7 Å². The fourth-order valence-electron chi connectivity index (χ4n) is 2.95. The van der Waals surface area contributed by atoms with E-state index in [1.165, 1.54) is 12.1 Å². The second kappa shape index (κ2) is 6.25. The highest BCUT2D eigenvalue weighted by Crippen LogP contribution is 2.31. The third kappa shape index (κ3) is 2.71. The van der Waals surface area contributed by atoms with E-state index in [1.807, 2.05) is 31.2 Å². The van der Waals surface area contributed by atoms with Crippen LogP contribution in [0.4, 0.5) is 4.39 Å². The van der Waals surface area contributed by atoms with Gasteiger partial charge in [0.15, 0.2) is 5.65 Å². The Morgan fingerprint density at radius 1 is 1.04 bits per heavy atom. The standard InChI is InChI=1S/C20H12ClFN4/c1-12-18(13-2-6-16(21)7-3-13)20-24-19(14-4-8-17(22)9-5-14)15(10-23)11-26(20)25-12/h2-9,11H,1H3. The molecule has 0 aliphatic carbocycles. The molecule has 0 atom stereocenters. The molecule has 2 heterocycles. The van der Waals surface area contributed by atoms with Gasteiger partial charge >= 0.3 is 0 Å². The Balaban J connectivity index is 1.99. The summed E-state index contributed by atoms with van der Waals surface area (Å²) in [6.45, 7) is 1.89. The van der Waals surface area contributed by atoms with Gasteiger partial charge in [0, 0.05) is 16.1 Å². The van der Waals surface area contributed by atoms with Crippen LogP contribution >= 0.6 is 11.6 Å². The fraction of sp³-hybridized carbons (Fsp3) is 0.0500. The maximum Gasteiger partial charge on any atom is 0.163 e. The highest BCUT2D eigenvalue weighted by atomic mass is 35.5. The summed E-state index contributed by atoms with van der Waals surface area (Å²) in [5.41, 5.74) is 4.76. The van der Waals surface area contributed by atoms with Crippen LogP contribution in [0.3, 0.4) is 0 Å². The maximum absolute atomic E-state index is 13.2. The predicted octanol–water partition coefficient (Wildman–Crippen LogP) is 5.04. The zero-order valence-electron chi connectivity index (χ0n) is 13.7. The highest BCUT2D eigenvalue weighted by Gasteiger charge is 2.17. The molecule has 0 spiro atoms. The van der Waals surface area contributed by atoms with E-state index in [0.29, 0.717) is 27.5 Å². The molecule has 0 aliphatic rings. The van der Waals surface area contributed by atoms with E-state index < -0.39 is 0 Å². The lowest BCUT2D eigenvalue weighted by atomic mass is 10.1. The molecule has 26 heavy (non-hydrogen) atoms. The number of benzene rings is 2. The summed E-state index contributed by atoms with van der Waals surface area (Å²) >= 11 is 5.99. The molecular formula is C20H12ClFN4. The molecule has 2 aromatic heterocycles. The summed E-state index contributed by atoms with van der Waals surface area (Å²) in [5.74, 6) is -0.338.